The van der Waals surface area contributed by atoms with Gasteiger partial charge in [0.1, 0.15) is 0 Å². The fourth-order valence-electron chi connectivity index (χ4n) is 2.15. The van der Waals surface area contributed by atoms with E-state index < -0.39 is 6.10 Å². The van der Waals surface area contributed by atoms with Gasteiger partial charge in [0.15, 0.2) is 0 Å². The third kappa shape index (κ3) is 4.11. The lowest BCUT2D eigenvalue weighted by Gasteiger charge is -2.14. The highest BCUT2D eigenvalue weighted by molar-refractivity contribution is 5.50. The van der Waals surface area contributed by atoms with Crippen LogP contribution < -0.4 is 5.32 Å². The summed E-state index contributed by atoms with van der Waals surface area (Å²) >= 11 is 0. The van der Waals surface area contributed by atoms with Gasteiger partial charge in [-0.05, 0) is 35.2 Å². The largest absolute Gasteiger partial charge is 0.387 e. The summed E-state index contributed by atoms with van der Waals surface area (Å²) in [6.45, 7) is 4.77. The van der Waals surface area contributed by atoms with Gasteiger partial charge in [-0.3, -0.25) is 0 Å². The van der Waals surface area contributed by atoms with Crippen LogP contribution in [-0.2, 0) is 0 Å². The summed E-state index contributed by atoms with van der Waals surface area (Å²) in [5.41, 5.74) is 3.94. The number of terminal acetylenes is 1. The van der Waals surface area contributed by atoms with Gasteiger partial charge >= 0.3 is 0 Å². The molecular weight excluding hydrogens is 258 g/mol. The molecule has 0 aliphatic heterocycles. The Labute approximate surface area is 126 Å². The second-order valence-electron chi connectivity index (χ2n) is 5.44. The number of benzene rings is 2. The maximum absolute atomic E-state index is 10.2. The molecule has 0 radical (unpaired) electrons. The maximum Gasteiger partial charge on any atom is 0.0962 e. The molecule has 2 rings (SSSR count). The van der Waals surface area contributed by atoms with Crippen LogP contribution in [0.2, 0.25) is 0 Å². The van der Waals surface area contributed by atoms with E-state index in [0.29, 0.717) is 12.5 Å². The molecule has 2 heteroatoms. The van der Waals surface area contributed by atoms with Crippen LogP contribution in [0.5, 0.6) is 0 Å². The first-order valence-corrected chi connectivity index (χ1v) is 7.18. The number of rotatable bonds is 5. The number of aliphatic hydroxyl groups excluding tert-OH is 1. The van der Waals surface area contributed by atoms with E-state index in [4.69, 9.17) is 6.42 Å². The first-order valence-electron chi connectivity index (χ1n) is 7.18. The lowest BCUT2D eigenvalue weighted by Crippen LogP contribution is -2.12. The quantitative estimate of drug-likeness (QED) is 0.813. The molecule has 0 aromatic heterocycles. The monoisotopic (exact) mass is 279 g/mol. The van der Waals surface area contributed by atoms with Gasteiger partial charge in [-0.2, -0.15) is 0 Å². The van der Waals surface area contributed by atoms with Crippen molar-refractivity contribution in [2.24, 2.45) is 0 Å². The van der Waals surface area contributed by atoms with Crippen molar-refractivity contribution in [3.05, 3.63) is 65.2 Å². The second kappa shape index (κ2) is 6.97. The number of nitrogens with one attached hydrogen (secondary N) is 1. The van der Waals surface area contributed by atoms with Gasteiger partial charge in [-0.25, -0.2) is 0 Å². The molecule has 0 aliphatic rings. The molecule has 2 aromatic rings. The third-order valence-electron chi connectivity index (χ3n) is 3.52. The molecule has 0 bridgehead atoms. The lowest BCUT2D eigenvalue weighted by atomic mass is 10.00. The zero-order chi connectivity index (χ0) is 15.2. The van der Waals surface area contributed by atoms with E-state index >= 15 is 0 Å². The fraction of sp³-hybridized carbons (Fsp3) is 0.263. The van der Waals surface area contributed by atoms with Crippen LogP contribution in [0.1, 0.15) is 42.6 Å². The molecule has 0 saturated carbocycles. The van der Waals surface area contributed by atoms with E-state index in [-0.39, 0.29) is 0 Å². The fourth-order valence-corrected chi connectivity index (χ4v) is 2.15. The SMILES string of the molecule is C#Cc1cccc(NCC(O)c2ccc(C(C)C)cc2)c1. The minimum Gasteiger partial charge on any atom is -0.387 e. The number of anilines is 1. The van der Waals surface area contributed by atoms with E-state index in [9.17, 15) is 5.11 Å². The molecule has 2 aromatic carbocycles. The van der Waals surface area contributed by atoms with Crippen LogP contribution in [0.4, 0.5) is 5.69 Å². The van der Waals surface area contributed by atoms with Gasteiger partial charge in [0, 0.05) is 17.8 Å². The van der Waals surface area contributed by atoms with Crippen molar-refractivity contribution in [1.29, 1.82) is 0 Å². The molecule has 1 atom stereocenters. The van der Waals surface area contributed by atoms with Crippen LogP contribution in [0, 0.1) is 12.3 Å². The van der Waals surface area contributed by atoms with Crippen LogP contribution in [0.15, 0.2) is 48.5 Å². The van der Waals surface area contributed by atoms with Crippen LogP contribution in [-0.4, -0.2) is 11.7 Å². The first-order chi connectivity index (χ1) is 10.1. The van der Waals surface area contributed by atoms with E-state index in [2.05, 4.69) is 37.2 Å². The first kappa shape index (κ1) is 15.2. The molecule has 0 spiro atoms. The zero-order valence-electron chi connectivity index (χ0n) is 12.5. The van der Waals surface area contributed by atoms with Gasteiger partial charge in [0.25, 0.3) is 0 Å². The molecule has 21 heavy (non-hydrogen) atoms. The molecule has 1 unspecified atom stereocenters. The predicted octanol–water partition coefficient (Wildman–Crippen LogP) is 3.94. The molecule has 0 saturated heterocycles. The van der Waals surface area contributed by atoms with E-state index in [0.717, 1.165) is 16.8 Å². The van der Waals surface area contributed by atoms with Crippen molar-refractivity contribution >= 4 is 5.69 Å². The summed E-state index contributed by atoms with van der Waals surface area (Å²) < 4.78 is 0. The molecule has 2 N–H and O–H groups in total. The molecular formula is C19H21NO. The summed E-state index contributed by atoms with van der Waals surface area (Å²) in [5.74, 6) is 3.10. The predicted molar refractivity (Wildman–Crippen MR) is 88.4 cm³/mol. The Bertz CT molecular complexity index is 623. The summed E-state index contributed by atoms with van der Waals surface area (Å²) in [5, 5.41) is 13.4. The van der Waals surface area contributed by atoms with Crippen molar-refractivity contribution < 1.29 is 5.11 Å². The lowest BCUT2D eigenvalue weighted by molar-refractivity contribution is 0.191. The standard InChI is InChI=1S/C19H21NO/c1-4-15-6-5-7-18(12-15)20-13-19(21)17-10-8-16(9-11-17)14(2)3/h1,5-12,14,19-21H,13H2,2-3H3. The van der Waals surface area contributed by atoms with E-state index in [1.807, 2.05) is 36.4 Å². The van der Waals surface area contributed by atoms with Gasteiger partial charge in [0.05, 0.1) is 6.10 Å². The van der Waals surface area contributed by atoms with Crippen LogP contribution in [0.25, 0.3) is 0 Å². The Morgan fingerprint density at radius 3 is 2.38 bits per heavy atom. The van der Waals surface area contributed by atoms with Crippen molar-refractivity contribution in [3.8, 4) is 12.3 Å². The molecule has 0 amide bonds. The van der Waals surface area contributed by atoms with Crippen LogP contribution in [0.3, 0.4) is 0 Å². The average Bonchev–Trinajstić information content (AvgIpc) is 2.53. The Hall–Kier alpha value is -2.24. The molecule has 0 heterocycles. The zero-order valence-corrected chi connectivity index (χ0v) is 12.5. The highest BCUT2D eigenvalue weighted by Gasteiger charge is 2.08. The van der Waals surface area contributed by atoms with Gasteiger partial charge < -0.3 is 10.4 Å². The Morgan fingerprint density at radius 1 is 1.10 bits per heavy atom. The minimum atomic E-state index is -0.541. The second-order valence-corrected chi connectivity index (χ2v) is 5.44. The molecule has 108 valence electrons. The number of hydrogen-bond acceptors (Lipinski definition) is 2. The normalized spacial score (nSPS) is 12.0. The third-order valence-corrected chi connectivity index (χ3v) is 3.52. The van der Waals surface area contributed by atoms with E-state index in [1.165, 1.54) is 5.56 Å². The van der Waals surface area contributed by atoms with Crippen LogP contribution >= 0.6 is 0 Å². The Morgan fingerprint density at radius 2 is 1.76 bits per heavy atom. The van der Waals surface area contributed by atoms with Gasteiger partial charge in [-0.15, -0.1) is 6.42 Å². The van der Waals surface area contributed by atoms with E-state index in [1.54, 1.807) is 0 Å². The van der Waals surface area contributed by atoms with Crippen molar-refractivity contribution in [1.82, 2.24) is 0 Å². The van der Waals surface area contributed by atoms with Crippen molar-refractivity contribution in [3.63, 3.8) is 0 Å². The van der Waals surface area contributed by atoms with Crippen molar-refractivity contribution in [2.45, 2.75) is 25.9 Å². The average molecular weight is 279 g/mol. The van der Waals surface area contributed by atoms with Crippen molar-refractivity contribution in [2.75, 3.05) is 11.9 Å². The minimum absolute atomic E-state index is 0.453. The highest BCUT2D eigenvalue weighted by Crippen LogP contribution is 2.19. The Kier molecular flexibility index (Phi) is 5.03. The summed E-state index contributed by atoms with van der Waals surface area (Å²) in [6.07, 6.45) is 4.84. The summed E-state index contributed by atoms with van der Waals surface area (Å²) in [4.78, 5) is 0. The Balaban J connectivity index is 1.98. The topological polar surface area (TPSA) is 32.3 Å². The summed E-state index contributed by atoms with van der Waals surface area (Å²) in [7, 11) is 0. The molecule has 2 nitrogen and oxygen atoms in total. The van der Waals surface area contributed by atoms with Gasteiger partial charge in [-0.1, -0.05) is 50.1 Å². The smallest absolute Gasteiger partial charge is 0.0962 e. The maximum atomic E-state index is 10.2. The number of aliphatic hydroxyl groups is 1. The molecule has 0 aliphatic carbocycles. The number of hydrogen-bond donors (Lipinski definition) is 2. The summed E-state index contributed by atoms with van der Waals surface area (Å²) in [6, 6.07) is 15.7. The highest BCUT2D eigenvalue weighted by atomic mass is 16.3. The van der Waals surface area contributed by atoms with Gasteiger partial charge in [0.2, 0.25) is 0 Å². The molecule has 0 fully saturated rings.